The first kappa shape index (κ1) is 36.6. The highest BCUT2D eigenvalue weighted by Gasteiger charge is 2.31. The zero-order chi connectivity index (χ0) is 37.8. The molecule has 3 N–H and O–H groups in total. The van der Waals surface area contributed by atoms with Crippen LogP contribution in [0.3, 0.4) is 0 Å². The number of ether oxygens (including phenoxy) is 1. The molecule has 9 heteroatoms. The van der Waals surface area contributed by atoms with Gasteiger partial charge in [0.05, 0.1) is 16.8 Å². The summed E-state index contributed by atoms with van der Waals surface area (Å²) in [6.45, 7) is 7.35. The number of benzene rings is 4. The standard InChI is InChI=1S/C45H48N4O5/c1-45(2,3)54-43(51)47-26-30-18-16-29(17-19-30)25-46-42(50)38-24-41(48-40-15-9-8-14-37(38)40)32-22-20-31(21-23-32)27-49(44(52)53)28-39-35-12-6-4-10-33(35)34-11-5-7-13-36(34)39/h4-15,20-24,29-30,39H,16-19,25-28H2,1-3H3,(H,46,50)(H,47,51)(H,52,53)/t29-,30-. The van der Waals surface area contributed by atoms with Gasteiger partial charge in [-0.1, -0.05) is 91.0 Å². The molecule has 7 rings (SSSR count). The molecule has 1 saturated carbocycles. The van der Waals surface area contributed by atoms with E-state index >= 15 is 0 Å². The largest absolute Gasteiger partial charge is 0.465 e. The van der Waals surface area contributed by atoms with E-state index in [1.807, 2.05) is 99.6 Å². The Morgan fingerprint density at radius 2 is 1.35 bits per heavy atom. The van der Waals surface area contributed by atoms with Crippen molar-refractivity contribution in [3.63, 3.8) is 0 Å². The number of rotatable bonds is 10. The number of nitrogens with one attached hydrogen (secondary N) is 2. The molecular formula is C45H48N4O5. The molecule has 0 saturated heterocycles. The zero-order valence-electron chi connectivity index (χ0n) is 31.2. The molecule has 3 amide bonds. The fourth-order valence-corrected chi connectivity index (χ4v) is 7.91. The molecule has 5 aromatic rings. The number of carbonyl (C=O) groups is 3. The zero-order valence-corrected chi connectivity index (χ0v) is 31.2. The van der Waals surface area contributed by atoms with Gasteiger partial charge in [0, 0.05) is 43.0 Å². The van der Waals surface area contributed by atoms with Gasteiger partial charge in [-0.3, -0.25) is 4.79 Å². The van der Waals surface area contributed by atoms with E-state index < -0.39 is 11.7 Å². The Morgan fingerprint density at radius 3 is 1.96 bits per heavy atom. The number of nitrogens with zero attached hydrogens (tertiary/aromatic N) is 2. The number of alkyl carbamates (subject to hydrolysis) is 1. The highest BCUT2D eigenvalue weighted by molar-refractivity contribution is 6.07. The predicted molar refractivity (Wildman–Crippen MR) is 211 cm³/mol. The van der Waals surface area contributed by atoms with Crippen molar-refractivity contribution >= 4 is 29.0 Å². The third-order valence-electron chi connectivity index (χ3n) is 10.7. The van der Waals surface area contributed by atoms with Gasteiger partial charge in [0.25, 0.3) is 5.91 Å². The van der Waals surface area contributed by atoms with Crippen LogP contribution in [-0.4, -0.2) is 58.3 Å². The summed E-state index contributed by atoms with van der Waals surface area (Å²) in [5, 5.41) is 17.2. The van der Waals surface area contributed by atoms with E-state index in [-0.39, 0.29) is 24.5 Å². The Hall–Kier alpha value is -5.70. The Balaban J connectivity index is 0.997. The highest BCUT2D eigenvalue weighted by Crippen LogP contribution is 2.45. The monoisotopic (exact) mass is 724 g/mol. The van der Waals surface area contributed by atoms with Crippen LogP contribution in [0.5, 0.6) is 0 Å². The lowest BCUT2D eigenvalue weighted by molar-refractivity contribution is 0.0512. The summed E-state index contributed by atoms with van der Waals surface area (Å²) < 4.78 is 5.37. The second-order valence-electron chi connectivity index (χ2n) is 15.6. The van der Waals surface area contributed by atoms with Crippen LogP contribution in [0.15, 0.2) is 103 Å². The first-order chi connectivity index (χ1) is 26.0. The second kappa shape index (κ2) is 15.7. The molecule has 0 bridgehead atoms. The summed E-state index contributed by atoms with van der Waals surface area (Å²) in [6, 6.07) is 33.8. The third-order valence-corrected chi connectivity index (χ3v) is 10.7. The molecule has 0 unspecified atom stereocenters. The number of para-hydroxylation sites is 1. The van der Waals surface area contributed by atoms with E-state index in [0.29, 0.717) is 42.7 Å². The summed E-state index contributed by atoms with van der Waals surface area (Å²) in [4.78, 5) is 44.7. The Kier molecular flexibility index (Phi) is 10.7. The van der Waals surface area contributed by atoms with Crippen molar-refractivity contribution in [3.8, 4) is 22.4 Å². The van der Waals surface area contributed by atoms with E-state index in [2.05, 4.69) is 34.9 Å². The van der Waals surface area contributed by atoms with Gasteiger partial charge in [0.1, 0.15) is 5.60 Å². The van der Waals surface area contributed by atoms with Gasteiger partial charge in [-0.05, 0) is 98.2 Å². The van der Waals surface area contributed by atoms with E-state index in [4.69, 9.17) is 9.72 Å². The summed E-state index contributed by atoms with van der Waals surface area (Å²) in [5.41, 5.74) is 7.81. The summed E-state index contributed by atoms with van der Waals surface area (Å²) in [7, 11) is 0. The van der Waals surface area contributed by atoms with Crippen LogP contribution in [-0.2, 0) is 11.3 Å². The lowest BCUT2D eigenvalue weighted by Gasteiger charge is -2.29. The third kappa shape index (κ3) is 8.41. The molecule has 0 spiro atoms. The molecule has 4 aromatic carbocycles. The number of carbonyl (C=O) groups excluding carboxylic acids is 2. The normalized spacial score (nSPS) is 16.6. The molecule has 2 aliphatic rings. The van der Waals surface area contributed by atoms with Crippen molar-refractivity contribution < 1.29 is 24.2 Å². The fourth-order valence-electron chi connectivity index (χ4n) is 7.91. The molecule has 9 nitrogen and oxygen atoms in total. The lowest BCUT2D eigenvalue weighted by atomic mass is 9.82. The minimum absolute atomic E-state index is 0.0396. The van der Waals surface area contributed by atoms with Gasteiger partial charge in [-0.2, -0.15) is 0 Å². The fraction of sp³-hybridized carbons (Fsp3) is 0.333. The molecule has 0 atom stereocenters. The number of fused-ring (bicyclic) bond motifs is 4. The second-order valence-corrected chi connectivity index (χ2v) is 15.6. The minimum atomic E-state index is -0.962. The maximum absolute atomic E-state index is 13.7. The molecule has 1 heterocycles. The molecule has 1 fully saturated rings. The number of carboxylic acid groups (broad SMARTS) is 1. The quantitative estimate of drug-likeness (QED) is 0.132. The molecule has 54 heavy (non-hydrogen) atoms. The topological polar surface area (TPSA) is 121 Å². The van der Waals surface area contributed by atoms with Crippen LogP contribution >= 0.6 is 0 Å². The van der Waals surface area contributed by atoms with Gasteiger partial charge in [0.2, 0.25) is 0 Å². The summed E-state index contributed by atoms with van der Waals surface area (Å²) in [5.74, 6) is 0.599. The van der Waals surface area contributed by atoms with E-state index in [9.17, 15) is 19.5 Å². The van der Waals surface area contributed by atoms with Crippen molar-refractivity contribution in [3.05, 3.63) is 125 Å². The average Bonchev–Trinajstić information content (AvgIpc) is 3.48. The Bertz CT molecular complexity index is 2100. The highest BCUT2D eigenvalue weighted by atomic mass is 16.6. The first-order valence-corrected chi connectivity index (χ1v) is 18.9. The number of pyridine rings is 1. The van der Waals surface area contributed by atoms with Crippen molar-refractivity contribution in [2.45, 2.75) is 64.5 Å². The number of amides is 3. The van der Waals surface area contributed by atoms with Crippen molar-refractivity contribution in [1.29, 1.82) is 0 Å². The van der Waals surface area contributed by atoms with Crippen LogP contribution in [0.1, 0.15) is 79.4 Å². The van der Waals surface area contributed by atoms with Crippen LogP contribution in [0.4, 0.5) is 9.59 Å². The Morgan fingerprint density at radius 1 is 0.778 bits per heavy atom. The molecule has 0 aliphatic heterocycles. The van der Waals surface area contributed by atoms with Gasteiger partial charge in [-0.25, -0.2) is 14.6 Å². The first-order valence-electron chi connectivity index (χ1n) is 18.9. The molecule has 278 valence electrons. The minimum Gasteiger partial charge on any atom is -0.465 e. The van der Waals surface area contributed by atoms with Crippen LogP contribution in [0.25, 0.3) is 33.3 Å². The summed E-state index contributed by atoms with van der Waals surface area (Å²) in [6.07, 6.45) is 2.60. The maximum Gasteiger partial charge on any atom is 0.407 e. The number of hydrogen-bond acceptors (Lipinski definition) is 5. The smallest absolute Gasteiger partial charge is 0.407 e. The van der Waals surface area contributed by atoms with E-state index in [1.165, 1.54) is 4.90 Å². The van der Waals surface area contributed by atoms with Gasteiger partial charge in [0.15, 0.2) is 0 Å². The molecule has 2 aliphatic carbocycles. The van der Waals surface area contributed by atoms with Crippen LogP contribution in [0.2, 0.25) is 0 Å². The molecular weight excluding hydrogens is 677 g/mol. The molecule has 1 aromatic heterocycles. The van der Waals surface area contributed by atoms with Crippen LogP contribution < -0.4 is 10.6 Å². The van der Waals surface area contributed by atoms with Crippen molar-refractivity contribution in [2.75, 3.05) is 19.6 Å². The van der Waals surface area contributed by atoms with Crippen molar-refractivity contribution in [2.24, 2.45) is 11.8 Å². The lowest BCUT2D eigenvalue weighted by Crippen LogP contribution is -2.37. The van der Waals surface area contributed by atoms with E-state index in [1.54, 1.807) is 0 Å². The number of hydrogen-bond donors (Lipinski definition) is 3. The van der Waals surface area contributed by atoms with Gasteiger partial charge < -0.3 is 25.4 Å². The Labute approximate surface area is 316 Å². The number of aromatic nitrogens is 1. The van der Waals surface area contributed by atoms with Gasteiger partial charge in [-0.15, -0.1) is 0 Å². The van der Waals surface area contributed by atoms with E-state index in [0.717, 1.165) is 70.0 Å². The van der Waals surface area contributed by atoms with Crippen molar-refractivity contribution in [1.82, 2.24) is 20.5 Å². The molecule has 0 radical (unpaired) electrons. The summed E-state index contributed by atoms with van der Waals surface area (Å²) >= 11 is 0. The maximum atomic E-state index is 13.7. The average molecular weight is 725 g/mol. The SMILES string of the molecule is CC(C)(C)OC(=O)NC[C@H]1CC[C@H](CNC(=O)c2cc(-c3ccc(CN(CC4c5ccccc5-c5ccccc54)C(=O)O)cc3)nc3ccccc23)CC1. The predicted octanol–water partition coefficient (Wildman–Crippen LogP) is 9.26. The van der Waals surface area contributed by atoms with Crippen LogP contribution in [0, 0.1) is 11.8 Å². The van der Waals surface area contributed by atoms with Gasteiger partial charge >= 0.3 is 12.2 Å².